The van der Waals surface area contributed by atoms with E-state index in [2.05, 4.69) is 22.9 Å². The lowest BCUT2D eigenvalue weighted by atomic mass is 9.46. The third kappa shape index (κ3) is 8.93. The lowest BCUT2D eigenvalue weighted by Gasteiger charge is -2.59. The molecule has 1 saturated heterocycles. The number of ether oxygens (including phenoxy) is 4. The first kappa shape index (κ1) is 44.7. The van der Waals surface area contributed by atoms with Gasteiger partial charge in [0.25, 0.3) is 0 Å². The summed E-state index contributed by atoms with van der Waals surface area (Å²) < 4.78 is 24.2. The van der Waals surface area contributed by atoms with Crippen LogP contribution in [0.15, 0.2) is 72.3 Å². The van der Waals surface area contributed by atoms with Crippen LogP contribution in [-0.2, 0) is 46.5 Å². The molecule has 0 radical (unpaired) electrons. The first-order valence-electron chi connectivity index (χ1n) is 21.7. The number of nitrogens with two attached hydrogens (primary N) is 1. The molecule has 0 spiro atoms. The number of carbonyl (C=O) groups is 6. The van der Waals surface area contributed by atoms with Crippen LogP contribution in [0, 0.1) is 28.6 Å². The van der Waals surface area contributed by atoms with E-state index in [9.17, 15) is 33.9 Å². The zero-order valence-corrected chi connectivity index (χ0v) is 35.6. The molecule has 62 heavy (non-hydrogen) atoms. The van der Waals surface area contributed by atoms with E-state index in [4.69, 9.17) is 24.7 Å². The number of urea groups is 1. The van der Waals surface area contributed by atoms with Crippen LogP contribution in [0.1, 0.15) is 100 Å². The minimum Gasteiger partial charge on any atom is -0.454 e. The largest absolute Gasteiger partial charge is 0.454 e. The van der Waals surface area contributed by atoms with Gasteiger partial charge in [-0.05, 0) is 104 Å². The van der Waals surface area contributed by atoms with Crippen molar-refractivity contribution in [3.8, 4) is 0 Å². The average molecular weight is 855 g/mol. The normalized spacial score (nSPS) is 30.5. The molecule has 3 unspecified atom stereocenters. The molecule has 4 fully saturated rings. The van der Waals surface area contributed by atoms with Crippen molar-refractivity contribution >= 4 is 41.3 Å². The second-order valence-electron chi connectivity index (χ2n) is 17.8. The SMILES string of the molecule is CCCC1O[C@@H]2CC3[C@@H]4CCC5=CC(=O)C=C[C@]5(C)C4[C@@H](O)C[C@]3(C)[C@]2(C(=O)COC(=O)c2ccc(CNC(=O)OCc3ccc(NC(=O)CCCCNC(N)=O)cc3)cc2)O1. The van der Waals surface area contributed by atoms with Crippen LogP contribution in [0.4, 0.5) is 15.3 Å². The molecule has 15 heteroatoms. The molecule has 0 aromatic heterocycles. The number of primary amides is 1. The summed E-state index contributed by atoms with van der Waals surface area (Å²) in [5, 5.41) is 20.0. The molecule has 6 N–H and O–H groups in total. The van der Waals surface area contributed by atoms with Crippen molar-refractivity contribution in [3.05, 3.63) is 89.0 Å². The summed E-state index contributed by atoms with van der Waals surface area (Å²) in [6.07, 6.45) is 8.07. The van der Waals surface area contributed by atoms with Crippen molar-refractivity contribution in [2.24, 2.45) is 34.3 Å². The highest BCUT2D eigenvalue weighted by molar-refractivity contribution is 6.01. The highest BCUT2D eigenvalue weighted by Gasteiger charge is 2.76. The molecule has 7 rings (SSSR count). The maximum absolute atomic E-state index is 14.6. The Morgan fingerprint density at radius 2 is 1.71 bits per heavy atom. The second-order valence-corrected chi connectivity index (χ2v) is 17.8. The molecule has 4 amide bonds. The summed E-state index contributed by atoms with van der Waals surface area (Å²) in [5.74, 6) is -1.31. The quantitative estimate of drug-likeness (QED) is 0.101. The first-order valence-corrected chi connectivity index (χ1v) is 21.7. The van der Waals surface area contributed by atoms with E-state index in [1.54, 1.807) is 60.7 Å². The summed E-state index contributed by atoms with van der Waals surface area (Å²) in [4.78, 5) is 75.5. The predicted octanol–water partition coefficient (Wildman–Crippen LogP) is 5.79. The van der Waals surface area contributed by atoms with Gasteiger partial charge >= 0.3 is 18.1 Å². The fraction of sp³-hybridized carbons (Fsp3) is 0.532. The van der Waals surface area contributed by atoms with E-state index < -0.39 is 59.6 Å². The number of rotatable bonds is 16. The number of nitrogens with one attached hydrogen (secondary N) is 3. The maximum atomic E-state index is 14.6. The van der Waals surface area contributed by atoms with E-state index >= 15 is 0 Å². The fourth-order valence-corrected chi connectivity index (χ4v) is 11.0. The van der Waals surface area contributed by atoms with Gasteiger partial charge in [-0.1, -0.05) is 63.1 Å². The van der Waals surface area contributed by atoms with Crippen LogP contribution in [-0.4, -0.2) is 77.9 Å². The number of unbranched alkanes of at least 4 members (excludes halogenated alkanes) is 1. The van der Waals surface area contributed by atoms with E-state index in [0.29, 0.717) is 56.3 Å². The monoisotopic (exact) mass is 854 g/mol. The molecule has 0 bridgehead atoms. The zero-order chi connectivity index (χ0) is 44.2. The van der Waals surface area contributed by atoms with Gasteiger partial charge < -0.3 is 45.7 Å². The van der Waals surface area contributed by atoms with Crippen molar-refractivity contribution < 1.29 is 52.8 Å². The lowest BCUT2D eigenvalue weighted by Crippen LogP contribution is -2.63. The van der Waals surface area contributed by atoms with Crippen molar-refractivity contribution in [2.45, 2.75) is 116 Å². The van der Waals surface area contributed by atoms with Gasteiger partial charge in [0.2, 0.25) is 11.7 Å². The number of alkyl carbamates (subject to hydrolysis) is 1. The van der Waals surface area contributed by atoms with Crippen molar-refractivity contribution in [1.82, 2.24) is 10.6 Å². The van der Waals surface area contributed by atoms with E-state index in [-0.39, 0.29) is 53.9 Å². The molecule has 4 aliphatic carbocycles. The summed E-state index contributed by atoms with van der Waals surface area (Å²) in [7, 11) is 0. The number of esters is 1. The molecule has 9 atom stereocenters. The topological polar surface area (TPSA) is 222 Å². The third-order valence-electron chi connectivity index (χ3n) is 13.9. The van der Waals surface area contributed by atoms with E-state index in [1.165, 1.54) is 0 Å². The van der Waals surface area contributed by atoms with Gasteiger partial charge in [0.05, 0.1) is 17.8 Å². The van der Waals surface area contributed by atoms with E-state index in [0.717, 1.165) is 30.4 Å². The standard InChI is InChI=1S/C47H58N4O11/c1-4-7-40-61-38-23-35-34-18-15-31-22-33(52)19-20-45(31,2)41(34)36(53)24-46(35,3)47(38,62-40)37(54)27-59-42(56)30-13-9-28(10-14-30)25-50-44(58)60-26-29-11-16-32(17-12-29)51-39(55)8-5-6-21-49-43(48)57/h9-14,16-17,19-20,22,34-36,38,40-41,53H,4-8,15,18,21,23-27H2,1-3H3,(H,50,58)(H,51,55)(H3,48,49,57)/t34-,35?,36-,38+,40?,41?,45-,46-,47+/m0/s1. The summed E-state index contributed by atoms with van der Waals surface area (Å²) in [6, 6.07) is 12.8. The average Bonchev–Trinajstić information content (AvgIpc) is 3.73. The Balaban J connectivity index is 0.900. The number of amides is 4. The van der Waals surface area contributed by atoms with Crippen molar-refractivity contribution in [2.75, 3.05) is 18.5 Å². The van der Waals surface area contributed by atoms with Crippen LogP contribution < -0.4 is 21.7 Å². The van der Waals surface area contributed by atoms with Gasteiger partial charge in [0.15, 0.2) is 24.3 Å². The molecule has 3 saturated carbocycles. The lowest BCUT2D eigenvalue weighted by molar-refractivity contribution is -0.200. The first-order chi connectivity index (χ1) is 29.7. The van der Waals surface area contributed by atoms with Crippen LogP contribution in [0.3, 0.4) is 0 Å². The maximum Gasteiger partial charge on any atom is 0.407 e. The molecule has 332 valence electrons. The predicted molar refractivity (Wildman–Crippen MR) is 226 cm³/mol. The van der Waals surface area contributed by atoms with Gasteiger partial charge in [-0.3, -0.25) is 14.4 Å². The fourth-order valence-electron chi connectivity index (χ4n) is 11.0. The number of carbonyl (C=O) groups excluding carboxylic acids is 6. The molecule has 15 nitrogen and oxygen atoms in total. The minimum absolute atomic E-state index is 0.000869. The molecule has 1 heterocycles. The Kier molecular flexibility index (Phi) is 13.4. The Morgan fingerprint density at radius 1 is 0.968 bits per heavy atom. The number of aliphatic hydroxyl groups is 1. The smallest absolute Gasteiger partial charge is 0.407 e. The molecular weight excluding hydrogens is 797 g/mol. The number of aliphatic hydroxyl groups excluding tert-OH is 1. The van der Waals surface area contributed by atoms with Gasteiger partial charge in [-0.25, -0.2) is 14.4 Å². The second kappa shape index (κ2) is 18.5. The van der Waals surface area contributed by atoms with Gasteiger partial charge in [0, 0.05) is 41.9 Å². The van der Waals surface area contributed by atoms with Gasteiger partial charge in [0.1, 0.15) is 6.61 Å². The highest BCUT2D eigenvalue weighted by Crippen LogP contribution is 2.69. The molecule has 2 aromatic rings. The molecule has 2 aromatic carbocycles. The molecular formula is C47H58N4O11. The van der Waals surface area contributed by atoms with Crippen LogP contribution in [0.5, 0.6) is 0 Å². The van der Waals surface area contributed by atoms with Gasteiger partial charge in [-0.2, -0.15) is 0 Å². The van der Waals surface area contributed by atoms with Crippen LogP contribution >= 0.6 is 0 Å². The van der Waals surface area contributed by atoms with Crippen LogP contribution in [0.25, 0.3) is 0 Å². The number of ketones is 2. The summed E-state index contributed by atoms with van der Waals surface area (Å²) in [6.45, 7) is 6.20. The number of benzene rings is 2. The third-order valence-corrected chi connectivity index (χ3v) is 13.9. The molecule has 5 aliphatic rings. The minimum atomic E-state index is -1.40. The highest BCUT2D eigenvalue weighted by atomic mass is 16.7. The van der Waals surface area contributed by atoms with E-state index in [1.807, 2.05) is 19.9 Å². The Bertz CT molecular complexity index is 2100. The van der Waals surface area contributed by atoms with Gasteiger partial charge in [-0.15, -0.1) is 0 Å². The van der Waals surface area contributed by atoms with Crippen molar-refractivity contribution in [1.29, 1.82) is 0 Å². The number of hydrogen-bond donors (Lipinski definition) is 5. The Morgan fingerprint density at radius 3 is 2.44 bits per heavy atom. The zero-order valence-electron chi connectivity index (χ0n) is 35.6. The Labute approximate surface area is 361 Å². The summed E-state index contributed by atoms with van der Waals surface area (Å²) >= 11 is 0. The number of allylic oxidation sites excluding steroid dienone is 4. The van der Waals surface area contributed by atoms with Crippen molar-refractivity contribution in [3.63, 3.8) is 0 Å². The number of hydrogen-bond acceptors (Lipinski definition) is 11. The Hall–Kier alpha value is -5.38. The molecule has 1 aliphatic heterocycles. The number of fused-ring (bicyclic) bond motifs is 7. The number of anilines is 1. The number of Topliss-reactive ketones (excluding diaryl/α,β-unsaturated/α-hetero) is 1. The van der Waals surface area contributed by atoms with Crippen LogP contribution in [0.2, 0.25) is 0 Å². The summed E-state index contributed by atoms with van der Waals surface area (Å²) in [5.41, 5.74) is 5.68.